The van der Waals surface area contributed by atoms with Crippen LogP contribution >= 0.6 is 22.7 Å². The molecule has 5 rings (SSSR count). The maximum Gasteiger partial charge on any atom is 0.205 e. The third kappa shape index (κ3) is 3.50. The van der Waals surface area contributed by atoms with Gasteiger partial charge in [-0.05, 0) is 47.6 Å². The molecular weight excluding hydrogens is 420 g/mol. The van der Waals surface area contributed by atoms with E-state index in [1.165, 1.54) is 33.0 Å². The topological polar surface area (TPSA) is 56.0 Å². The van der Waals surface area contributed by atoms with Crippen molar-refractivity contribution < 1.29 is 4.79 Å². The van der Waals surface area contributed by atoms with Gasteiger partial charge in [-0.25, -0.2) is 4.98 Å². The van der Waals surface area contributed by atoms with Gasteiger partial charge in [0, 0.05) is 27.1 Å². The van der Waals surface area contributed by atoms with Crippen LogP contribution in [0.3, 0.4) is 0 Å². The minimum atomic E-state index is -0.0243. The van der Waals surface area contributed by atoms with Crippen molar-refractivity contribution in [1.29, 1.82) is 0 Å². The number of pyridine rings is 1. The molecule has 31 heavy (non-hydrogen) atoms. The van der Waals surface area contributed by atoms with Crippen LogP contribution in [0.15, 0.2) is 47.8 Å². The number of aromatic nitrogens is 1. The van der Waals surface area contributed by atoms with Gasteiger partial charge >= 0.3 is 0 Å². The predicted molar refractivity (Wildman–Crippen MR) is 132 cm³/mol. The summed E-state index contributed by atoms with van der Waals surface area (Å²) in [7, 11) is 0. The lowest BCUT2D eigenvalue weighted by Crippen LogP contribution is -2.27. The van der Waals surface area contributed by atoms with E-state index in [9.17, 15) is 4.79 Å². The van der Waals surface area contributed by atoms with Gasteiger partial charge < -0.3 is 5.73 Å². The normalized spacial score (nSPS) is 16.4. The number of nitrogens with zero attached hydrogens (tertiary/aromatic N) is 1. The molecule has 3 nitrogen and oxygen atoms in total. The lowest BCUT2D eigenvalue weighted by atomic mass is 9.70. The maximum atomic E-state index is 13.2. The van der Waals surface area contributed by atoms with Crippen LogP contribution in [0.4, 0.5) is 5.69 Å². The van der Waals surface area contributed by atoms with Crippen LogP contribution in [0.5, 0.6) is 0 Å². The average Bonchev–Trinajstić information content (AvgIpc) is 3.40. The summed E-state index contributed by atoms with van der Waals surface area (Å²) >= 11 is 3.17. The monoisotopic (exact) mass is 446 g/mol. The van der Waals surface area contributed by atoms with E-state index in [0.717, 1.165) is 29.5 Å². The molecule has 0 saturated heterocycles. The summed E-state index contributed by atoms with van der Waals surface area (Å²) in [5, 5.41) is 3.07. The SMILES string of the molecule is CC(C)(C)C1CCc2nc3sc(C(=O)c4ccccc4)c(N)c3c(-c3cccs3)c2C1. The quantitative estimate of drug-likeness (QED) is 0.345. The van der Waals surface area contributed by atoms with E-state index in [4.69, 9.17) is 10.7 Å². The highest BCUT2D eigenvalue weighted by Crippen LogP contribution is 2.47. The Morgan fingerprint density at radius 2 is 1.90 bits per heavy atom. The number of fused-ring (bicyclic) bond motifs is 2. The minimum absolute atomic E-state index is 0.0243. The molecule has 1 aliphatic rings. The van der Waals surface area contributed by atoms with Gasteiger partial charge in [-0.3, -0.25) is 4.79 Å². The molecular formula is C26H26N2OS2. The molecule has 1 atom stereocenters. The Hall–Kier alpha value is -2.50. The highest BCUT2D eigenvalue weighted by Gasteiger charge is 2.33. The molecule has 158 valence electrons. The van der Waals surface area contributed by atoms with Gasteiger partial charge in [0.25, 0.3) is 0 Å². The van der Waals surface area contributed by atoms with Gasteiger partial charge in [0.2, 0.25) is 5.78 Å². The zero-order valence-electron chi connectivity index (χ0n) is 18.1. The second kappa shape index (κ2) is 7.57. The second-order valence-electron chi connectivity index (χ2n) is 9.42. The summed E-state index contributed by atoms with van der Waals surface area (Å²) in [4.78, 5) is 21.0. The average molecular weight is 447 g/mol. The van der Waals surface area contributed by atoms with Crippen LogP contribution in [0.1, 0.15) is 53.7 Å². The van der Waals surface area contributed by atoms with Crippen molar-refractivity contribution in [3.63, 3.8) is 0 Å². The smallest absolute Gasteiger partial charge is 0.205 e. The number of carbonyl (C=O) groups is 1. The number of nitrogen functional groups attached to an aromatic ring is 1. The Kier molecular flexibility index (Phi) is 4.98. The molecule has 1 aromatic carbocycles. The van der Waals surface area contributed by atoms with Crippen molar-refractivity contribution in [2.45, 2.75) is 40.0 Å². The lowest BCUT2D eigenvalue weighted by Gasteiger charge is -2.35. The largest absolute Gasteiger partial charge is 0.397 e. The first-order valence-electron chi connectivity index (χ1n) is 10.7. The summed E-state index contributed by atoms with van der Waals surface area (Å²) in [6, 6.07) is 13.6. The van der Waals surface area contributed by atoms with Gasteiger partial charge in [-0.2, -0.15) is 0 Å². The van der Waals surface area contributed by atoms with Crippen molar-refractivity contribution in [3.8, 4) is 10.4 Å². The molecule has 4 aromatic rings. The summed E-state index contributed by atoms with van der Waals surface area (Å²) in [6.45, 7) is 6.99. The van der Waals surface area contributed by atoms with E-state index < -0.39 is 0 Å². The third-order valence-corrected chi connectivity index (χ3v) is 8.46. The molecule has 1 unspecified atom stereocenters. The van der Waals surface area contributed by atoms with Crippen molar-refractivity contribution in [3.05, 3.63) is 69.5 Å². The van der Waals surface area contributed by atoms with Crippen molar-refractivity contribution >= 4 is 44.4 Å². The van der Waals surface area contributed by atoms with E-state index in [0.29, 0.717) is 22.0 Å². The first-order chi connectivity index (χ1) is 14.8. The number of anilines is 1. The number of benzene rings is 1. The van der Waals surface area contributed by atoms with Gasteiger partial charge in [-0.1, -0.05) is 57.2 Å². The van der Waals surface area contributed by atoms with Crippen molar-refractivity contribution in [1.82, 2.24) is 4.98 Å². The fourth-order valence-corrected chi connectivity index (χ4v) is 6.53. The van der Waals surface area contributed by atoms with Crippen LogP contribution in [0.2, 0.25) is 0 Å². The van der Waals surface area contributed by atoms with E-state index in [-0.39, 0.29) is 11.2 Å². The van der Waals surface area contributed by atoms with Crippen LogP contribution in [-0.2, 0) is 12.8 Å². The van der Waals surface area contributed by atoms with Gasteiger partial charge in [0.05, 0.1) is 5.69 Å². The van der Waals surface area contributed by atoms with Crippen molar-refractivity contribution in [2.24, 2.45) is 11.3 Å². The number of hydrogen-bond donors (Lipinski definition) is 1. The maximum absolute atomic E-state index is 13.2. The van der Waals surface area contributed by atoms with Crippen LogP contribution < -0.4 is 5.73 Å². The number of nitrogens with two attached hydrogens (primary N) is 1. The Bertz CT molecular complexity index is 1260. The van der Waals surface area contributed by atoms with Crippen LogP contribution in [-0.4, -0.2) is 10.8 Å². The van der Waals surface area contributed by atoms with E-state index in [2.05, 4.69) is 38.3 Å². The molecule has 2 N–H and O–H groups in total. The van der Waals surface area contributed by atoms with Crippen LogP contribution in [0, 0.1) is 11.3 Å². The van der Waals surface area contributed by atoms with E-state index in [1.54, 1.807) is 11.3 Å². The molecule has 0 bridgehead atoms. The summed E-state index contributed by atoms with van der Waals surface area (Å²) in [6.07, 6.45) is 3.13. The Labute approximate surface area is 191 Å². The highest BCUT2D eigenvalue weighted by atomic mass is 32.1. The molecule has 0 radical (unpaired) electrons. The number of hydrogen-bond acceptors (Lipinski definition) is 5. The van der Waals surface area contributed by atoms with Gasteiger partial charge in [0.15, 0.2) is 0 Å². The Morgan fingerprint density at radius 1 is 1.13 bits per heavy atom. The Balaban J connectivity index is 1.74. The molecule has 0 spiro atoms. The molecule has 0 aliphatic heterocycles. The van der Waals surface area contributed by atoms with Gasteiger partial charge in [0.1, 0.15) is 9.71 Å². The fraction of sp³-hybridized carbons (Fsp3) is 0.308. The Morgan fingerprint density at radius 3 is 2.58 bits per heavy atom. The van der Waals surface area contributed by atoms with Crippen LogP contribution in [0.25, 0.3) is 20.7 Å². The van der Waals surface area contributed by atoms with E-state index >= 15 is 0 Å². The number of aryl methyl sites for hydroxylation is 1. The first-order valence-corrected chi connectivity index (χ1v) is 12.4. The molecule has 0 fully saturated rings. The third-order valence-electron chi connectivity index (χ3n) is 6.48. The first kappa shape index (κ1) is 20.4. The van der Waals surface area contributed by atoms with E-state index in [1.807, 2.05) is 30.3 Å². The summed E-state index contributed by atoms with van der Waals surface area (Å²) in [5.41, 5.74) is 11.9. The predicted octanol–water partition coefficient (Wildman–Crippen LogP) is 6.99. The van der Waals surface area contributed by atoms with Gasteiger partial charge in [-0.15, -0.1) is 22.7 Å². The number of carbonyl (C=O) groups excluding carboxylic acids is 1. The minimum Gasteiger partial charge on any atom is -0.397 e. The zero-order chi connectivity index (χ0) is 21.8. The summed E-state index contributed by atoms with van der Waals surface area (Å²) in [5.74, 6) is 0.576. The molecule has 5 heteroatoms. The molecule has 3 heterocycles. The zero-order valence-corrected chi connectivity index (χ0v) is 19.7. The second-order valence-corrected chi connectivity index (χ2v) is 11.4. The summed E-state index contributed by atoms with van der Waals surface area (Å²) < 4.78 is 0. The fourth-order valence-electron chi connectivity index (χ4n) is 4.64. The number of thiophene rings is 2. The molecule has 0 saturated carbocycles. The van der Waals surface area contributed by atoms with Crippen molar-refractivity contribution in [2.75, 3.05) is 5.73 Å². The highest BCUT2D eigenvalue weighted by molar-refractivity contribution is 7.21. The molecule has 1 aliphatic carbocycles. The number of rotatable bonds is 3. The standard InChI is InChI=1S/C26H26N2OS2/c1-26(2,3)16-11-12-18-17(14-16)20(19-10-7-13-30-19)21-22(27)24(31-25(21)28-18)23(29)15-8-5-4-6-9-15/h4-10,13,16H,11-12,14,27H2,1-3H3. The molecule has 0 amide bonds. The molecule has 3 aromatic heterocycles. The number of ketones is 1. The lowest BCUT2D eigenvalue weighted by molar-refractivity contribution is 0.104.